The summed E-state index contributed by atoms with van der Waals surface area (Å²) in [5.74, 6) is 1.13. The Hall–Kier alpha value is -0.0900. The van der Waals surface area contributed by atoms with Gasteiger partial charge in [-0.25, -0.2) is 8.42 Å². The van der Waals surface area contributed by atoms with E-state index in [0.29, 0.717) is 19.0 Å². The zero-order valence-electron chi connectivity index (χ0n) is 11.4. The molecule has 0 aromatic rings. The summed E-state index contributed by atoms with van der Waals surface area (Å²) >= 11 is 0. The van der Waals surface area contributed by atoms with Crippen molar-refractivity contribution in [2.75, 3.05) is 12.3 Å². The number of nitrogens with one attached hydrogen (secondary N) is 1. The van der Waals surface area contributed by atoms with Gasteiger partial charge in [-0.3, -0.25) is 0 Å². The summed E-state index contributed by atoms with van der Waals surface area (Å²) in [5, 5.41) is 3.20. The molecule has 0 heterocycles. The third kappa shape index (κ3) is 4.96. The van der Waals surface area contributed by atoms with E-state index in [1.54, 1.807) is 6.92 Å². The van der Waals surface area contributed by atoms with E-state index >= 15 is 0 Å². The summed E-state index contributed by atoms with van der Waals surface area (Å²) in [4.78, 5) is 0. The largest absolute Gasteiger partial charge is 0.313 e. The van der Waals surface area contributed by atoms with E-state index in [9.17, 15) is 8.42 Å². The molecule has 0 aromatic carbocycles. The predicted molar refractivity (Wildman–Crippen MR) is 73.0 cm³/mol. The molecule has 1 fully saturated rings. The third-order valence-electron chi connectivity index (χ3n) is 4.02. The first-order chi connectivity index (χ1) is 7.95. The van der Waals surface area contributed by atoms with Crippen LogP contribution in [0, 0.1) is 5.92 Å². The van der Waals surface area contributed by atoms with Gasteiger partial charge in [0.2, 0.25) is 0 Å². The molecule has 0 bridgehead atoms. The number of sulfone groups is 1. The van der Waals surface area contributed by atoms with Gasteiger partial charge in [-0.2, -0.15) is 0 Å². The van der Waals surface area contributed by atoms with Gasteiger partial charge in [0.25, 0.3) is 0 Å². The molecule has 17 heavy (non-hydrogen) atoms. The molecular formula is C13H27NO2S. The van der Waals surface area contributed by atoms with Crippen LogP contribution >= 0.6 is 0 Å². The fraction of sp³-hybridized carbons (Fsp3) is 1.00. The molecule has 1 rings (SSSR count). The van der Waals surface area contributed by atoms with Crippen molar-refractivity contribution in [2.45, 2.75) is 64.2 Å². The minimum atomic E-state index is -2.88. The van der Waals surface area contributed by atoms with Gasteiger partial charge < -0.3 is 5.32 Å². The molecule has 1 N–H and O–H groups in total. The van der Waals surface area contributed by atoms with Gasteiger partial charge in [0, 0.05) is 12.6 Å². The Morgan fingerprint density at radius 3 is 2.35 bits per heavy atom. The highest BCUT2D eigenvalue weighted by Crippen LogP contribution is 2.23. The lowest BCUT2D eigenvalue weighted by atomic mass is 9.87. The molecule has 3 nitrogen and oxygen atoms in total. The smallest absolute Gasteiger partial charge is 0.154 e. The van der Waals surface area contributed by atoms with E-state index in [0.717, 1.165) is 5.92 Å². The van der Waals surface area contributed by atoms with Crippen LogP contribution in [0.25, 0.3) is 0 Å². The van der Waals surface area contributed by atoms with Crippen molar-refractivity contribution in [3.63, 3.8) is 0 Å². The maximum Gasteiger partial charge on any atom is 0.154 e. The Labute approximate surface area is 106 Å². The SMILES string of the molecule is CCC(C)S(=O)(=O)CCNC1CCC(C)CC1. The van der Waals surface area contributed by atoms with Crippen molar-refractivity contribution in [3.05, 3.63) is 0 Å². The summed E-state index contributed by atoms with van der Waals surface area (Å²) in [6.07, 6.45) is 5.66. The molecule has 0 spiro atoms. The average molecular weight is 261 g/mol. The zero-order chi connectivity index (χ0) is 12.9. The van der Waals surface area contributed by atoms with Crippen LogP contribution in [0.3, 0.4) is 0 Å². The molecule has 0 amide bonds. The third-order valence-corrected chi connectivity index (χ3v) is 6.36. The molecule has 1 unspecified atom stereocenters. The van der Waals surface area contributed by atoms with Crippen molar-refractivity contribution in [1.29, 1.82) is 0 Å². The highest BCUT2D eigenvalue weighted by molar-refractivity contribution is 7.92. The van der Waals surface area contributed by atoms with Crippen LogP contribution < -0.4 is 5.32 Å². The van der Waals surface area contributed by atoms with Gasteiger partial charge in [0.05, 0.1) is 11.0 Å². The molecule has 0 saturated heterocycles. The summed E-state index contributed by atoms with van der Waals surface area (Å²) < 4.78 is 23.6. The topological polar surface area (TPSA) is 46.2 Å². The summed E-state index contributed by atoms with van der Waals surface area (Å²) in [5.41, 5.74) is 0. The first-order valence-corrected chi connectivity index (χ1v) is 8.62. The first-order valence-electron chi connectivity index (χ1n) is 6.90. The standard InChI is InChI=1S/C13H27NO2S/c1-4-12(3)17(15,16)10-9-14-13-7-5-11(2)6-8-13/h11-14H,4-10H2,1-3H3. The number of rotatable bonds is 6. The van der Waals surface area contributed by atoms with E-state index in [2.05, 4.69) is 12.2 Å². The molecule has 1 saturated carbocycles. The van der Waals surface area contributed by atoms with Gasteiger partial charge in [-0.1, -0.05) is 13.8 Å². The van der Waals surface area contributed by atoms with Crippen LogP contribution in [0.5, 0.6) is 0 Å². The molecule has 1 atom stereocenters. The average Bonchev–Trinajstić information content (AvgIpc) is 2.30. The Bertz CT molecular complexity index is 305. The molecule has 102 valence electrons. The molecule has 0 aliphatic heterocycles. The van der Waals surface area contributed by atoms with E-state index in [-0.39, 0.29) is 11.0 Å². The van der Waals surface area contributed by atoms with Crippen LogP contribution in [0.2, 0.25) is 0 Å². The van der Waals surface area contributed by atoms with E-state index in [1.165, 1.54) is 25.7 Å². The van der Waals surface area contributed by atoms with Gasteiger partial charge in [-0.05, 0) is 44.9 Å². The van der Waals surface area contributed by atoms with Gasteiger partial charge in [0.1, 0.15) is 0 Å². The van der Waals surface area contributed by atoms with Crippen LogP contribution in [0.15, 0.2) is 0 Å². The number of hydrogen-bond donors (Lipinski definition) is 1. The van der Waals surface area contributed by atoms with Crippen LogP contribution in [-0.4, -0.2) is 32.0 Å². The van der Waals surface area contributed by atoms with Gasteiger partial charge >= 0.3 is 0 Å². The Morgan fingerprint density at radius 1 is 1.24 bits per heavy atom. The van der Waals surface area contributed by atoms with Crippen molar-refractivity contribution in [1.82, 2.24) is 5.32 Å². The second-order valence-corrected chi connectivity index (χ2v) is 8.04. The van der Waals surface area contributed by atoms with E-state index in [1.807, 2.05) is 6.92 Å². The van der Waals surface area contributed by atoms with Crippen LogP contribution in [0.1, 0.15) is 52.9 Å². The second-order valence-electron chi connectivity index (χ2n) is 5.50. The quantitative estimate of drug-likeness (QED) is 0.798. The first kappa shape index (κ1) is 15.0. The maximum atomic E-state index is 11.8. The van der Waals surface area contributed by atoms with Crippen LogP contribution in [0.4, 0.5) is 0 Å². The molecular weight excluding hydrogens is 234 g/mol. The van der Waals surface area contributed by atoms with Crippen LogP contribution in [-0.2, 0) is 9.84 Å². The van der Waals surface area contributed by atoms with Gasteiger partial charge in [-0.15, -0.1) is 0 Å². The lowest BCUT2D eigenvalue weighted by Crippen LogP contribution is -2.37. The molecule has 0 aromatic heterocycles. The Balaban J connectivity index is 2.24. The summed E-state index contributed by atoms with van der Waals surface area (Å²) in [7, 11) is -2.88. The Kier molecular flexibility index (Phi) is 5.93. The lowest BCUT2D eigenvalue weighted by molar-refractivity contribution is 0.311. The highest BCUT2D eigenvalue weighted by atomic mass is 32.2. The molecule has 4 heteroatoms. The molecule has 1 aliphatic rings. The molecule has 1 aliphatic carbocycles. The minimum Gasteiger partial charge on any atom is -0.313 e. The molecule has 0 radical (unpaired) electrons. The second kappa shape index (κ2) is 6.74. The summed E-state index contributed by atoms with van der Waals surface area (Å²) in [6.45, 7) is 6.64. The monoisotopic (exact) mass is 261 g/mol. The maximum absolute atomic E-state index is 11.8. The van der Waals surface area contributed by atoms with Crippen molar-refractivity contribution in [3.8, 4) is 0 Å². The predicted octanol–water partition coefficient (Wildman–Crippen LogP) is 2.37. The van der Waals surface area contributed by atoms with Crippen molar-refractivity contribution < 1.29 is 8.42 Å². The van der Waals surface area contributed by atoms with Gasteiger partial charge in [0.15, 0.2) is 9.84 Å². The minimum absolute atomic E-state index is 0.198. The van der Waals surface area contributed by atoms with E-state index < -0.39 is 9.84 Å². The van der Waals surface area contributed by atoms with Crippen molar-refractivity contribution in [2.24, 2.45) is 5.92 Å². The fourth-order valence-electron chi connectivity index (χ4n) is 2.32. The number of hydrogen-bond acceptors (Lipinski definition) is 3. The zero-order valence-corrected chi connectivity index (χ0v) is 12.2. The fourth-order valence-corrected chi connectivity index (χ4v) is 3.64. The van der Waals surface area contributed by atoms with Crippen molar-refractivity contribution >= 4 is 9.84 Å². The highest BCUT2D eigenvalue weighted by Gasteiger charge is 2.21. The Morgan fingerprint density at radius 2 is 1.82 bits per heavy atom. The normalized spacial score (nSPS) is 27.9. The lowest BCUT2D eigenvalue weighted by Gasteiger charge is -2.27. The summed E-state index contributed by atoms with van der Waals surface area (Å²) in [6, 6.07) is 0.540. The van der Waals surface area contributed by atoms with E-state index in [4.69, 9.17) is 0 Å².